The average molecular weight is 270 g/mol. The normalized spacial score (nSPS) is 20.1. The van der Waals surface area contributed by atoms with Gasteiger partial charge >= 0.3 is 0 Å². The van der Waals surface area contributed by atoms with Crippen molar-refractivity contribution in [2.24, 2.45) is 4.99 Å². The Balaban J connectivity index is 1.91. The van der Waals surface area contributed by atoms with E-state index in [2.05, 4.69) is 24.2 Å². The molecule has 0 aliphatic carbocycles. The molecule has 18 heavy (non-hydrogen) atoms. The van der Waals surface area contributed by atoms with Gasteiger partial charge < -0.3 is 5.32 Å². The molecule has 0 amide bonds. The number of rotatable bonds is 3. The van der Waals surface area contributed by atoms with Crippen molar-refractivity contribution in [2.75, 3.05) is 12.3 Å². The van der Waals surface area contributed by atoms with Crippen LogP contribution in [-0.2, 0) is 6.42 Å². The SMILES string of the molecule is CC1(C)CSC(=NCCc2cc(F)cc(F)c2)N1. The van der Waals surface area contributed by atoms with E-state index in [4.69, 9.17) is 0 Å². The number of thioether (sulfide) groups is 1. The van der Waals surface area contributed by atoms with E-state index in [1.54, 1.807) is 11.8 Å². The third kappa shape index (κ3) is 3.70. The maximum absolute atomic E-state index is 13.0. The molecule has 0 bridgehead atoms. The van der Waals surface area contributed by atoms with Crippen LogP contribution in [0, 0.1) is 11.6 Å². The molecule has 1 N–H and O–H groups in total. The van der Waals surface area contributed by atoms with Gasteiger partial charge in [0.05, 0.1) is 0 Å². The molecule has 1 saturated heterocycles. The van der Waals surface area contributed by atoms with Crippen molar-refractivity contribution in [3.05, 3.63) is 35.4 Å². The van der Waals surface area contributed by atoms with Crippen molar-refractivity contribution in [3.63, 3.8) is 0 Å². The van der Waals surface area contributed by atoms with Crippen LogP contribution in [0.3, 0.4) is 0 Å². The molecule has 2 rings (SSSR count). The number of halogens is 2. The molecule has 1 aliphatic heterocycles. The molecule has 0 radical (unpaired) electrons. The Bertz CT molecular complexity index is 452. The number of hydrogen-bond donors (Lipinski definition) is 1. The fraction of sp³-hybridized carbons (Fsp3) is 0.462. The van der Waals surface area contributed by atoms with Crippen LogP contribution in [0.1, 0.15) is 19.4 Å². The minimum atomic E-state index is -0.535. The fourth-order valence-electron chi connectivity index (χ4n) is 1.74. The molecule has 0 atom stereocenters. The predicted molar refractivity (Wildman–Crippen MR) is 72.0 cm³/mol. The summed E-state index contributed by atoms with van der Waals surface area (Å²) in [6.07, 6.45) is 0.543. The van der Waals surface area contributed by atoms with E-state index in [1.165, 1.54) is 12.1 Å². The lowest BCUT2D eigenvalue weighted by Crippen LogP contribution is -2.36. The van der Waals surface area contributed by atoms with Gasteiger partial charge in [0.15, 0.2) is 5.17 Å². The summed E-state index contributed by atoms with van der Waals surface area (Å²) in [5.41, 5.74) is 0.716. The third-order valence-corrected chi connectivity index (χ3v) is 3.96. The van der Waals surface area contributed by atoms with Gasteiger partial charge in [-0.1, -0.05) is 11.8 Å². The highest BCUT2D eigenvalue weighted by Crippen LogP contribution is 2.22. The largest absolute Gasteiger partial charge is 0.359 e. The topological polar surface area (TPSA) is 24.4 Å². The average Bonchev–Trinajstić information content (AvgIpc) is 2.57. The molecule has 1 aromatic carbocycles. The number of amidine groups is 1. The molecule has 1 heterocycles. The van der Waals surface area contributed by atoms with Crippen LogP contribution in [0.5, 0.6) is 0 Å². The highest BCUT2D eigenvalue weighted by Gasteiger charge is 2.26. The van der Waals surface area contributed by atoms with Gasteiger partial charge in [0.1, 0.15) is 11.6 Å². The van der Waals surface area contributed by atoms with Crippen molar-refractivity contribution >= 4 is 16.9 Å². The first kappa shape index (κ1) is 13.3. The number of nitrogens with zero attached hydrogens (tertiary/aromatic N) is 1. The molecular formula is C13H16F2N2S. The summed E-state index contributed by atoms with van der Waals surface area (Å²) in [6.45, 7) is 4.77. The Morgan fingerprint density at radius 3 is 2.50 bits per heavy atom. The summed E-state index contributed by atoms with van der Waals surface area (Å²) < 4.78 is 25.9. The van der Waals surface area contributed by atoms with Crippen LogP contribution in [0.2, 0.25) is 0 Å². The predicted octanol–water partition coefficient (Wildman–Crippen LogP) is 2.98. The highest BCUT2D eigenvalue weighted by atomic mass is 32.2. The first-order valence-electron chi connectivity index (χ1n) is 5.85. The summed E-state index contributed by atoms with van der Waals surface area (Å²) >= 11 is 1.68. The second kappa shape index (κ2) is 5.26. The fourth-order valence-corrected chi connectivity index (χ4v) is 2.84. The van der Waals surface area contributed by atoms with Crippen LogP contribution in [0.25, 0.3) is 0 Å². The quantitative estimate of drug-likeness (QED) is 0.913. The van der Waals surface area contributed by atoms with Gasteiger partial charge in [0, 0.05) is 23.9 Å². The zero-order chi connectivity index (χ0) is 13.2. The molecule has 0 aromatic heterocycles. The molecule has 1 fully saturated rings. The maximum atomic E-state index is 13.0. The maximum Gasteiger partial charge on any atom is 0.157 e. The first-order valence-corrected chi connectivity index (χ1v) is 6.84. The van der Waals surface area contributed by atoms with Crippen LogP contribution >= 0.6 is 11.8 Å². The molecule has 0 spiro atoms. The van der Waals surface area contributed by atoms with Gasteiger partial charge in [-0.3, -0.25) is 4.99 Å². The lowest BCUT2D eigenvalue weighted by atomic mass is 10.1. The van der Waals surface area contributed by atoms with Gasteiger partial charge in [-0.25, -0.2) is 8.78 Å². The van der Waals surface area contributed by atoms with Gasteiger partial charge in [0.25, 0.3) is 0 Å². The Hall–Kier alpha value is -1.10. The zero-order valence-corrected chi connectivity index (χ0v) is 11.3. The monoisotopic (exact) mass is 270 g/mol. The van der Waals surface area contributed by atoms with Crippen molar-refractivity contribution in [2.45, 2.75) is 25.8 Å². The lowest BCUT2D eigenvalue weighted by Gasteiger charge is -2.15. The third-order valence-electron chi connectivity index (χ3n) is 2.59. The standard InChI is InChI=1S/C13H16F2N2S/c1-13(2)8-18-12(17-13)16-4-3-9-5-10(14)7-11(15)6-9/h5-7H,3-4,8H2,1-2H3,(H,16,17). The van der Waals surface area contributed by atoms with Gasteiger partial charge in [-0.15, -0.1) is 0 Å². The van der Waals surface area contributed by atoms with Gasteiger partial charge in [-0.05, 0) is 38.0 Å². The summed E-state index contributed by atoms with van der Waals surface area (Å²) in [5.74, 6) is -0.0836. The van der Waals surface area contributed by atoms with Crippen LogP contribution in [0.4, 0.5) is 8.78 Å². The number of nitrogens with one attached hydrogen (secondary N) is 1. The Morgan fingerprint density at radius 2 is 1.94 bits per heavy atom. The minimum Gasteiger partial charge on any atom is -0.359 e. The summed E-state index contributed by atoms with van der Waals surface area (Å²) in [6, 6.07) is 3.58. The smallest absolute Gasteiger partial charge is 0.157 e. The Labute approximate surface area is 110 Å². The van der Waals surface area contributed by atoms with Crippen LogP contribution in [0.15, 0.2) is 23.2 Å². The van der Waals surface area contributed by atoms with E-state index in [1.807, 2.05) is 0 Å². The molecule has 1 aliphatic rings. The van der Waals surface area contributed by atoms with Gasteiger partial charge in [0.2, 0.25) is 0 Å². The second-order valence-corrected chi connectivity index (χ2v) is 5.98. The molecule has 1 aromatic rings. The summed E-state index contributed by atoms with van der Waals surface area (Å²) in [5, 5.41) is 4.22. The molecular weight excluding hydrogens is 254 g/mol. The Kier molecular flexibility index (Phi) is 3.90. The molecule has 0 unspecified atom stereocenters. The highest BCUT2D eigenvalue weighted by molar-refractivity contribution is 8.14. The van der Waals surface area contributed by atoms with Gasteiger partial charge in [-0.2, -0.15) is 0 Å². The molecule has 2 nitrogen and oxygen atoms in total. The van der Waals surface area contributed by atoms with Crippen molar-refractivity contribution < 1.29 is 8.78 Å². The molecule has 0 saturated carbocycles. The van der Waals surface area contributed by atoms with Crippen LogP contribution in [-0.4, -0.2) is 23.0 Å². The van der Waals surface area contributed by atoms with Crippen LogP contribution < -0.4 is 5.32 Å². The zero-order valence-electron chi connectivity index (χ0n) is 10.5. The van der Waals surface area contributed by atoms with E-state index in [-0.39, 0.29) is 5.54 Å². The number of aliphatic imine (C=N–C) groups is 1. The molecule has 98 valence electrons. The van der Waals surface area contributed by atoms with Crippen molar-refractivity contribution in [1.29, 1.82) is 0 Å². The van der Waals surface area contributed by atoms with E-state index < -0.39 is 11.6 Å². The number of hydrogen-bond acceptors (Lipinski definition) is 2. The lowest BCUT2D eigenvalue weighted by molar-refractivity contribution is 0.536. The minimum absolute atomic E-state index is 0.0778. The van der Waals surface area contributed by atoms with Crippen molar-refractivity contribution in [1.82, 2.24) is 5.32 Å². The van der Waals surface area contributed by atoms with Crippen molar-refractivity contribution in [3.8, 4) is 0 Å². The Morgan fingerprint density at radius 1 is 1.28 bits per heavy atom. The number of benzene rings is 1. The van der Waals surface area contributed by atoms with E-state index in [0.717, 1.165) is 17.0 Å². The first-order chi connectivity index (χ1) is 8.44. The van der Waals surface area contributed by atoms with E-state index in [9.17, 15) is 8.78 Å². The summed E-state index contributed by atoms with van der Waals surface area (Å²) in [7, 11) is 0. The second-order valence-electron chi connectivity index (χ2n) is 5.01. The molecule has 5 heteroatoms. The van der Waals surface area contributed by atoms with E-state index in [0.29, 0.717) is 18.5 Å². The van der Waals surface area contributed by atoms with E-state index >= 15 is 0 Å². The summed E-state index contributed by atoms with van der Waals surface area (Å²) in [4.78, 5) is 4.40.